The molecule has 1 aromatic carbocycles. The molecule has 0 bridgehead atoms. The van der Waals surface area contributed by atoms with E-state index in [2.05, 4.69) is 32.0 Å². The molecule has 1 amide bonds. The van der Waals surface area contributed by atoms with Crippen LogP contribution in [0.3, 0.4) is 0 Å². The first-order valence-corrected chi connectivity index (χ1v) is 11.6. The second kappa shape index (κ2) is 13.2. The number of amides is 1. The fraction of sp³-hybridized carbons (Fsp3) is 0.296. The third-order valence-corrected chi connectivity index (χ3v) is 5.45. The van der Waals surface area contributed by atoms with Gasteiger partial charge in [-0.3, -0.25) is 14.8 Å². The first-order valence-electron chi connectivity index (χ1n) is 11.6. The molecule has 0 fully saturated rings. The number of nitrogens with one attached hydrogen (secondary N) is 1. The molecule has 36 heavy (non-hydrogen) atoms. The van der Waals surface area contributed by atoms with Gasteiger partial charge in [-0.15, -0.1) is 0 Å². The van der Waals surface area contributed by atoms with Crippen LogP contribution in [0.1, 0.15) is 33.5 Å². The van der Waals surface area contributed by atoms with E-state index in [0.29, 0.717) is 48.2 Å². The van der Waals surface area contributed by atoms with Crippen LogP contribution in [-0.4, -0.2) is 71.0 Å². The lowest BCUT2D eigenvalue weighted by Gasteiger charge is -2.18. The molecule has 3 rings (SSSR count). The number of hydrogen-bond acceptors (Lipinski definition) is 8. The highest BCUT2D eigenvalue weighted by Gasteiger charge is 2.13. The number of carbonyl (C=O) groups is 1. The molecule has 3 aromatic rings. The van der Waals surface area contributed by atoms with E-state index in [1.165, 1.54) is 0 Å². The maximum absolute atomic E-state index is 12.7. The maximum atomic E-state index is 12.7. The second-order valence-corrected chi connectivity index (χ2v) is 8.31. The Kier molecular flexibility index (Phi) is 9.79. The third-order valence-electron chi connectivity index (χ3n) is 5.45. The van der Waals surface area contributed by atoms with Crippen molar-refractivity contribution in [3.8, 4) is 11.5 Å². The molecule has 2 aromatic heterocycles. The molecule has 9 nitrogen and oxygen atoms in total. The van der Waals surface area contributed by atoms with E-state index in [4.69, 9.17) is 4.52 Å². The van der Waals surface area contributed by atoms with Gasteiger partial charge in [-0.25, -0.2) is 0 Å². The first-order chi connectivity index (χ1) is 17.4. The number of carbonyl (C=O) groups excluding carboxylic acids is 1. The molecule has 0 radical (unpaired) electrons. The molecule has 0 aliphatic heterocycles. The molecule has 1 unspecified atom stereocenters. The van der Waals surface area contributed by atoms with Gasteiger partial charge >= 0.3 is 0 Å². The lowest BCUT2D eigenvalue weighted by Crippen LogP contribution is -2.29. The Labute approximate surface area is 211 Å². The summed E-state index contributed by atoms with van der Waals surface area (Å²) in [5, 5.41) is 17.6. The van der Waals surface area contributed by atoms with E-state index < -0.39 is 6.10 Å². The lowest BCUT2D eigenvalue weighted by molar-refractivity contribution is 0.0808. The summed E-state index contributed by atoms with van der Waals surface area (Å²) in [5.74, 6) is 0.837. The van der Waals surface area contributed by atoms with Crippen LogP contribution in [0.2, 0.25) is 0 Å². The minimum absolute atomic E-state index is 0.0589. The first kappa shape index (κ1) is 26.7. The van der Waals surface area contributed by atoms with Crippen molar-refractivity contribution in [1.29, 1.82) is 0 Å². The number of aromatic nitrogens is 3. The average molecular weight is 489 g/mol. The van der Waals surface area contributed by atoms with Crippen molar-refractivity contribution in [1.82, 2.24) is 25.3 Å². The van der Waals surface area contributed by atoms with Gasteiger partial charge in [-0.1, -0.05) is 42.1 Å². The molecule has 0 aliphatic carbocycles. The summed E-state index contributed by atoms with van der Waals surface area (Å²) in [4.78, 5) is 26.9. The maximum Gasteiger partial charge on any atom is 0.253 e. The minimum Gasteiger partial charge on any atom is -0.387 e. The zero-order chi connectivity index (χ0) is 25.9. The van der Waals surface area contributed by atoms with Crippen molar-refractivity contribution in [3.05, 3.63) is 89.5 Å². The summed E-state index contributed by atoms with van der Waals surface area (Å²) in [6, 6.07) is 11.2. The molecule has 0 saturated heterocycles. The molecular weight excluding hydrogens is 456 g/mol. The van der Waals surface area contributed by atoms with Crippen molar-refractivity contribution in [2.75, 3.05) is 33.7 Å². The van der Waals surface area contributed by atoms with E-state index in [9.17, 15) is 9.90 Å². The van der Waals surface area contributed by atoms with Gasteiger partial charge in [-0.05, 0) is 42.3 Å². The van der Waals surface area contributed by atoms with Crippen LogP contribution < -0.4 is 5.32 Å². The fourth-order valence-corrected chi connectivity index (χ4v) is 3.56. The van der Waals surface area contributed by atoms with Gasteiger partial charge in [0, 0.05) is 57.6 Å². The van der Waals surface area contributed by atoms with Gasteiger partial charge in [0.15, 0.2) is 0 Å². The summed E-state index contributed by atoms with van der Waals surface area (Å²) >= 11 is 0. The quantitative estimate of drug-likeness (QED) is 0.228. The van der Waals surface area contributed by atoms with Gasteiger partial charge in [0.05, 0.1) is 6.10 Å². The van der Waals surface area contributed by atoms with Crippen molar-refractivity contribution in [2.45, 2.75) is 19.4 Å². The summed E-state index contributed by atoms with van der Waals surface area (Å²) in [7, 11) is 3.46. The summed E-state index contributed by atoms with van der Waals surface area (Å²) < 4.78 is 4.97. The number of likely N-dealkylation sites (N-methyl/N-ethyl adjacent to an activating group) is 1. The Morgan fingerprint density at radius 3 is 2.67 bits per heavy atom. The van der Waals surface area contributed by atoms with Crippen molar-refractivity contribution < 1.29 is 14.4 Å². The standard InChI is InChI=1S/C27H32N6O3/c1-5-6-21(15-28-3)18-33(4)27(35)22-9-7-20(8-10-22)13-14-29-17-25(34)23-11-12-24(30-16-23)26-31-19(2)36-32-26/h5-12,15-16,25,29,34H,1,13-14,17-18H2,2-4H3/b21-6+,28-15?. The largest absolute Gasteiger partial charge is 0.387 e. The summed E-state index contributed by atoms with van der Waals surface area (Å²) in [6.07, 6.45) is 6.94. The molecule has 0 saturated carbocycles. The molecule has 0 spiro atoms. The van der Waals surface area contributed by atoms with E-state index in [-0.39, 0.29) is 5.91 Å². The number of pyridine rings is 1. The number of nitrogens with zero attached hydrogens (tertiary/aromatic N) is 5. The zero-order valence-electron chi connectivity index (χ0n) is 20.9. The van der Waals surface area contributed by atoms with Gasteiger partial charge in [0.1, 0.15) is 5.69 Å². The minimum atomic E-state index is -0.688. The van der Waals surface area contributed by atoms with E-state index >= 15 is 0 Å². The molecule has 188 valence electrons. The molecule has 0 aliphatic rings. The number of allylic oxidation sites excluding steroid dienone is 2. The zero-order valence-corrected chi connectivity index (χ0v) is 20.9. The van der Waals surface area contributed by atoms with Crippen molar-refractivity contribution in [3.63, 3.8) is 0 Å². The van der Waals surface area contributed by atoms with Crippen LogP contribution in [0, 0.1) is 6.92 Å². The Bertz CT molecular complexity index is 1200. The Morgan fingerprint density at radius 2 is 2.06 bits per heavy atom. The number of hydrogen-bond donors (Lipinski definition) is 2. The van der Waals surface area contributed by atoms with Crippen LogP contribution in [0.15, 0.2) is 76.4 Å². The highest BCUT2D eigenvalue weighted by molar-refractivity contribution is 5.95. The number of aliphatic hydroxyl groups excluding tert-OH is 1. The second-order valence-electron chi connectivity index (χ2n) is 8.31. The predicted octanol–water partition coefficient (Wildman–Crippen LogP) is 3.19. The number of rotatable bonds is 12. The van der Waals surface area contributed by atoms with Crippen molar-refractivity contribution in [2.24, 2.45) is 4.99 Å². The van der Waals surface area contributed by atoms with Gasteiger partial charge in [0.25, 0.3) is 5.91 Å². The van der Waals surface area contributed by atoms with Gasteiger partial charge < -0.3 is 19.8 Å². The van der Waals surface area contributed by atoms with Crippen LogP contribution in [0.25, 0.3) is 11.5 Å². The average Bonchev–Trinajstić information content (AvgIpc) is 3.33. The van der Waals surface area contributed by atoms with E-state index in [1.54, 1.807) is 56.5 Å². The topological polar surface area (TPSA) is 117 Å². The van der Waals surface area contributed by atoms with Crippen LogP contribution >= 0.6 is 0 Å². The van der Waals surface area contributed by atoms with Gasteiger partial charge in [-0.2, -0.15) is 4.98 Å². The number of aliphatic imine (C=N–C) groups is 1. The third kappa shape index (κ3) is 7.53. The monoisotopic (exact) mass is 488 g/mol. The normalized spacial score (nSPS) is 12.6. The highest BCUT2D eigenvalue weighted by Crippen LogP contribution is 2.17. The summed E-state index contributed by atoms with van der Waals surface area (Å²) in [6.45, 7) is 6.95. The smallest absolute Gasteiger partial charge is 0.253 e. The molecule has 9 heteroatoms. The Morgan fingerprint density at radius 1 is 1.28 bits per heavy atom. The molecule has 2 N–H and O–H groups in total. The van der Waals surface area contributed by atoms with Gasteiger partial charge in [0.2, 0.25) is 11.7 Å². The van der Waals surface area contributed by atoms with E-state index in [1.807, 2.05) is 30.3 Å². The summed E-state index contributed by atoms with van der Waals surface area (Å²) in [5.41, 5.74) is 3.93. The number of aryl methyl sites for hydroxylation is 1. The molecular formula is C27H32N6O3. The van der Waals surface area contributed by atoms with Crippen molar-refractivity contribution >= 4 is 12.1 Å². The van der Waals surface area contributed by atoms with Crippen LogP contribution in [-0.2, 0) is 6.42 Å². The Hall–Kier alpha value is -3.95. The molecule has 2 heterocycles. The van der Waals surface area contributed by atoms with E-state index in [0.717, 1.165) is 17.6 Å². The fourth-order valence-electron chi connectivity index (χ4n) is 3.56. The van der Waals surface area contributed by atoms with Crippen LogP contribution in [0.5, 0.6) is 0 Å². The molecule has 1 atom stereocenters. The van der Waals surface area contributed by atoms with Crippen LogP contribution in [0.4, 0.5) is 0 Å². The predicted molar refractivity (Wildman–Crippen MR) is 140 cm³/mol. The highest BCUT2D eigenvalue weighted by atomic mass is 16.5. The lowest BCUT2D eigenvalue weighted by atomic mass is 10.1. The number of benzene rings is 1. The SMILES string of the molecule is C=C/C=C(\C=NC)CN(C)C(=O)c1ccc(CCNCC(O)c2ccc(-c3noc(C)n3)nc2)cc1. The Balaban J connectivity index is 1.44. The number of aliphatic hydroxyl groups is 1.